The molecular weight excluding hydrogens is 290 g/mol. The highest BCUT2D eigenvalue weighted by Crippen LogP contribution is 2.14. The molecule has 1 atom stereocenters. The topological polar surface area (TPSA) is 131 Å². The van der Waals surface area contributed by atoms with Crippen molar-refractivity contribution in [3.8, 4) is 0 Å². The van der Waals surface area contributed by atoms with Crippen LogP contribution in [0.2, 0.25) is 0 Å². The van der Waals surface area contributed by atoms with Crippen LogP contribution in [0.5, 0.6) is 0 Å². The van der Waals surface area contributed by atoms with Crippen molar-refractivity contribution in [1.29, 1.82) is 0 Å². The summed E-state index contributed by atoms with van der Waals surface area (Å²) >= 11 is 0. The maximum absolute atomic E-state index is 12.2. The van der Waals surface area contributed by atoms with Crippen molar-refractivity contribution in [2.75, 3.05) is 19.0 Å². The summed E-state index contributed by atoms with van der Waals surface area (Å²) in [7, 11) is 1.43. The van der Waals surface area contributed by atoms with Gasteiger partial charge in [-0.05, 0) is 31.2 Å². The Labute approximate surface area is 127 Å². The van der Waals surface area contributed by atoms with Crippen LogP contribution in [0.3, 0.4) is 0 Å². The number of amides is 3. The number of benzene rings is 1. The number of hydrogen-bond donors (Lipinski definition) is 4. The zero-order chi connectivity index (χ0) is 16.8. The average molecular weight is 309 g/mol. The third-order valence-electron chi connectivity index (χ3n) is 2.83. The first kappa shape index (κ1) is 17.4. The van der Waals surface area contributed by atoms with Crippen molar-refractivity contribution >= 4 is 23.6 Å². The van der Waals surface area contributed by atoms with E-state index < -0.39 is 23.4 Å². The Hall–Kier alpha value is -2.61. The van der Waals surface area contributed by atoms with E-state index in [1.807, 2.05) is 0 Å². The van der Waals surface area contributed by atoms with Crippen LogP contribution in [0.1, 0.15) is 23.7 Å². The molecule has 0 saturated heterocycles. The number of nitrogens with one attached hydrogen (secondary N) is 2. The third-order valence-corrected chi connectivity index (χ3v) is 2.83. The van der Waals surface area contributed by atoms with Crippen LogP contribution in [0.4, 0.5) is 10.5 Å². The second-order valence-electron chi connectivity index (χ2n) is 5.08. The van der Waals surface area contributed by atoms with Crippen LogP contribution in [0.25, 0.3) is 0 Å². The molecule has 3 amide bonds. The van der Waals surface area contributed by atoms with Crippen LogP contribution >= 0.6 is 0 Å². The van der Waals surface area contributed by atoms with Gasteiger partial charge in [0.1, 0.15) is 0 Å². The van der Waals surface area contributed by atoms with E-state index in [0.717, 1.165) is 0 Å². The van der Waals surface area contributed by atoms with Gasteiger partial charge in [-0.25, -0.2) is 4.79 Å². The lowest BCUT2D eigenvalue weighted by molar-refractivity contribution is -0.139. The summed E-state index contributed by atoms with van der Waals surface area (Å²) in [6.07, 6.45) is -0.270. The van der Waals surface area contributed by atoms with E-state index in [2.05, 4.69) is 10.6 Å². The van der Waals surface area contributed by atoms with Crippen molar-refractivity contribution in [2.24, 2.45) is 5.73 Å². The number of carbonyl (C=O) groups is 3. The first-order chi connectivity index (χ1) is 10.3. The number of ether oxygens (including phenoxy) is 1. The van der Waals surface area contributed by atoms with E-state index in [1.54, 1.807) is 6.92 Å². The molecule has 0 aliphatic heterocycles. The number of aliphatic carboxylic acids is 1. The molecule has 120 valence electrons. The van der Waals surface area contributed by atoms with Gasteiger partial charge in [-0.2, -0.15) is 0 Å². The number of carbonyl (C=O) groups excluding carboxylic acids is 2. The maximum atomic E-state index is 12.2. The Kier molecular flexibility index (Phi) is 5.88. The molecule has 8 nitrogen and oxygen atoms in total. The number of urea groups is 1. The monoisotopic (exact) mass is 309 g/mol. The van der Waals surface area contributed by atoms with Crippen molar-refractivity contribution in [2.45, 2.75) is 18.9 Å². The molecule has 1 aromatic rings. The highest BCUT2D eigenvalue weighted by Gasteiger charge is 2.29. The standard InChI is InChI=1S/C14H19N3O5/c1-14(8-22-2,7-11(18)19)17-12(20)9-3-5-10(6-4-9)16-13(15)21/h3-6H,7-8H2,1-2H3,(H,17,20)(H,18,19)(H3,15,16,21). The van der Waals surface area contributed by atoms with Crippen molar-refractivity contribution < 1.29 is 24.2 Å². The minimum atomic E-state index is -1.04. The summed E-state index contributed by atoms with van der Waals surface area (Å²) in [4.78, 5) is 33.8. The minimum absolute atomic E-state index is 0.0619. The lowest BCUT2D eigenvalue weighted by atomic mass is 9.98. The number of hydrogen-bond acceptors (Lipinski definition) is 4. The Morgan fingerprint density at radius 1 is 1.27 bits per heavy atom. The fraction of sp³-hybridized carbons (Fsp3) is 0.357. The summed E-state index contributed by atoms with van der Waals surface area (Å²) in [5.41, 5.74) is 4.74. The smallest absolute Gasteiger partial charge is 0.316 e. The summed E-state index contributed by atoms with van der Waals surface area (Å²) in [6, 6.07) is 5.32. The van der Waals surface area contributed by atoms with E-state index in [-0.39, 0.29) is 13.0 Å². The molecule has 0 aliphatic carbocycles. The number of methoxy groups -OCH3 is 1. The molecule has 0 spiro atoms. The second kappa shape index (κ2) is 7.41. The summed E-state index contributed by atoms with van der Waals surface area (Å²) in [5, 5.41) is 13.9. The molecule has 0 radical (unpaired) electrons. The Morgan fingerprint density at radius 3 is 2.32 bits per heavy atom. The number of rotatable bonds is 7. The fourth-order valence-corrected chi connectivity index (χ4v) is 1.98. The largest absolute Gasteiger partial charge is 0.481 e. The molecule has 8 heteroatoms. The Balaban J connectivity index is 2.81. The SMILES string of the molecule is COCC(C)(CC(=O)O)NC(=O)c1ccc(NC(N)=O)cc1. The van der Waals surface area contributed by atoms with Crippen LogP contribution in [-0.2, 0) is 9.53 Å². The number of carboxylic acids is 1. The first-order valence-corrected chi connectivity index (χ1v) is 6.45. The molecule has 0 aliphatic rings. The second-order valence-corrected chi connectivity index (χ2v) is 5.08. The molecule has 1 aromatic carbocycles. The predicted octanol–water partition coefficient (Wildman–Crippen LogP) is 0.787. The van der Waals surface area contributed by atoms with Crippen molar-refractivity contribution in [1.82, 2.24) is 5.32 Å². The van der Waals surface area contributed by atoms with Crippen LogP contribution in [0.15, 0.2) is 24.3 Å². The average Bonchev–Trinajstić information content (AvgIpc) is 2.37. The van der Waals surface area contributed by atoms with E-state index in [9.17, 15) is 14.4 Å². The highest BCUT2D eigenvalue weighted by atomic mass is 16.5. The van der Waals surface area contributed by atoms with Crippen LogP contribution in [-0.4, -0.2) is 42.3 Å². The molecule has 0 heterocycles. The lowest BCUT2D eigenvalue weighted by Gasteiger charge is -2.28. The molecule has 1 unspecified atom stereocenters. The zero-order valence-electron chi connectivity index (χ0n) is 12.4. The first-order valence-electron chi connectivity index (χ1n) is 6.45. The van der Waals surface area contributed by atoms with E-state index in [1.165, 1.54) is 31.4 Å². The van der Waals surface area contributed by atoms with E-state index in [0.29, 0.717) is 11.3 Å². The molecule has 0 aromatic heterocycles. The maximum Gasteiger partial charge on any atom is 0.316 e. The normalized spacial score (nSPS) is 13.0. The molecule has 0 fully saturated rings. The van der Waals surface area contributed by atoms with Gasteiger partial charge in [0.2, 0.25) is 0 Å². The van der Waals surface area contributed by atoms with E-state index in [4.69, 9.17) is 15.6 Å². The van der Waals surface area contributed by atoms with Gasteiger partial charge < -0.3 is 26.2 Å². The highest BCUT2D eigenvalue weighted by molar-refractivity contribution is 5.96. The molecule has 0 bridgehead atoms. The zero-order valence-corrected chi connectivity index (χ0v) is 12.4. The number of primary amides is 1. The van der Waals surface area contributed by atoms with Crippen LogP contribution < -0.4 is 16.4 Å². The summed E-state index contributed by atoms with van der Waals surface area (Å²) < 4.78 is 4.97. The molecule has 0 saturated carbocycles. The van der Waals surface area contributed by atoms with E-state index >= 15 is 0 Å². The molecule has 1 rings (SSSR count). The van der Waals surface area contributed by atoms with Gasteiger partial charge in [-0.1, -0.05) is 0 Å². The molecule has 22 heavy (non-hydrogen) atoms. The lowest BCUT2D eigenvalue weighted by Crippen LogP contribution is -2.50. The Morgan fingerprint density at radius 2 is 1.86 bits per heavy atom. The Bertz CT molecular complexity index is 558. The van der Waals surface area contributed by atoms with Gasteiger partial charge in [-0.15, -0.1) is 0 Å². The quantitative estimate of drug-likeness (QED) is 0.591. The summed E-state index contributed by atoms with van der Waals surface area (Å²) in [5.74, 6) is -1.48. The van der Waals surface area contributed by atoms with Gasteiger partial charge in [-0.3, -0.25) is 9.59 Å². The minimum Gasteiger partial charge on any atom is -0.481 e. The van der Waals surface area contributed by atoms with Gasteiger partial charge in [0.15, 0.2) is 0 Å². The molecular formula is C14H19N3O5. The predicted molar refractivity (Wildman–Crippen MR) is 79.6 cm³/mol. The van der Waals surface area contributed by atoms with Crippen molar-refractivity contribution in [3.63, 3.8) is 0 Å². The fourth-order valence-electron chi connectivity index (χ4n) is 1.98. The third kappa shape index (κ3) is 5.41. The van der Waals surface area contributed by atoms with Gasteiger partial charge in [0.05, 0.1) is 18.6 Å². The van der Waals surface area contributed by atoms with Crippen molar-refractivity contribution in [3.05, 3.63) is 29.8 Å². The summed E-state index contributed by atoms with van der Waals surface area (Å²) in [6.45, 7) is 1.65. The van der Waals surface area contributed by atoms with Gasteiger partial charge in [0.25, 0.3) is 5.91 Å². The number of carboxylic acid groups (broad SMARTS) is 1. The van der Waals surface area contributed by atoms with Gasteiger partial charge >= 0.3 is 12.0 Å². The van der Waals surface area contributed by atoms with Crippen LogP contribution in [0, 0.1) is 0 Å². The number of anilines is 1. The molecule has 5 N–H and O–H groups in total. The van der Waals surface area contributed by atoms with Gasteiger partial charge in [0, 0.05) is 18.4 Å². The number of nitrogens with two attached hydrogens (primary N) is 1.